The molecule has 0 saturated heterocycles. The van der Waals surface area contributed by atoms with Crippen LogP contribution in [0.4, 0.5) is 0 Å². The van der Waals surface area contributed by atoms with E-state index < -0.39 is 0 Å². The average molecular weight is 672 g/mol. The third-order valence-electron chi connectivity index (χ3n) is 8.77. The molecule has 46 heavy (non-hydrogen) atoms. The molecule has 0 amide bonds. The van der Waals surface area contributed by atoms with Crippen molar-refractivity contribution in [1.29, 1.82) is 0 Å². The van der Waals surface area contributed by atoms with Crippen LogP contribution < -0.4 is 0 Å². The third-order valence-corrected chi connectivity index (χ3v) is 10.2. The van der Waals surface area contributed by atoms with Crippen LogP contribution in [0.15, 0.2) is 48.0 Å². The summed E-state index contributed by atoms with van der Waals surface area (Å²) < 4.78 is 1.47. The summed E-state index contributed by atoms with van der Waals surface area (Å²) in [5.74, 6) is 0. The first-order chi connectivity index (χ1) is 22.4. The van der Waals surface area contributed by atoms with Crippen LogP contribution in [0.25, 0.3) is 16.9 Å². The Hall–Kier alpha value is -1.99. The average Bonchev–Trinajstić information content (AvgIpc) is 3.36. The molecule has 0 radical (unpaired) electrons. The van der Waals surface area contributed by atoms with E-state index in [4.69, 9.17) is 0 Å². The Morgan fingerprint density at radius 1 is 0.500 bits per heavy atom. The van der Waals surface area contributed by atoms with Gasteiger partial charge in [-0.3, -0.25) is 0 Å². The van der Waals surface area contributed by atoms with Gasteiger partial charge in [-0.15, -0.1) is 0 Å². The summed E-state index contributed by atoms with van der Waals surface area (Å²) in [5, 5.41) is 2.78. The molecule has 2 aromatic carbocycles. The number of hydrogen-bond donors (Lipinski definition) is 0. The maximum atomic E-state index is 11.6. The molecule has 2 nitrogen and oxygen atoms in total. The molecule has 1 heterocycles. The fourth-order valence-corrected chi connectivity index (χ4v) is 7.38. The summed E-state index contributed by atoms with van der Waals surface area (Å²) >= 11 is 1.94. The van der Waals surface area contributed by atoms with Crippen LogP contribution in [0.3, 0.4) is 0 Å². The van der Waals surface area contributed by atoms with Crippen molar-refractivity contribution in [2.45, 2.75) is 175 Å². The van der Waals surface area contributed by atoms with Gasteiger partial charge < -0.3 is 5.53 Å². The van der Waals surface area contributed by atoms with Gasteiger partial charge in [0.25, 0.3) is 0 Å². The summed E-state index contributed by atoms with van der Waals surface area (Å²) in [5.41, 5.74) is 22.4. The Morgan fingerprint density at radius 3 is 1.30 bits per heavy atom. The van der Waals surface area contributed by atoms with Crippen molar-refractivity contribution < 1.29 is 19.1 Å². The van der Waals surface area contributed by atoms with Crippen LogP contribution in [-0.2, 0) is 40.1 Å². The minimum absolute atomic E-state index is 0.911. The van der Waals surface area contributed by atoms with Gasteiger partial charge in [0.1, 0.15) is 0 Å². The molecule has 0 spiro atoms. The first-order valence-electron chi connectivity index (χ1n) is 19.0. The number of rotatable bonds is 22. The second-order valence-electron chi connectivity index (χ2n) is 13.3. The van der Waals surface area contributed by atoms with E-state index in [-0.39, 0.29) is 0 Å². The molecular formula is C43H68N2Ni. The Labute approximate surface area is 291 Å². The predicted octanol–water partition coefficient (Wildman–Crippen LogP) is 14.2. The number of hydrogen-bond acceptors (Lipinski definition) is 0. The van der Waals surface area contributed by atoms with Crippen LogP contribution in [0.1, 0.15) is 172 Å². The number of aryl methyl sites for hydroxylation is 4. The van der Waals surface area contributed by atoms with Crippen molar-refractivity contribution in [3.8, 4) is 0 Å². The molecular weight excluding hydrogens is 603 g/mol. The quantitative estimate of drug-likeness (QED) is 0.0676. The van der Waals surface area contributed by atoms with Crippen molar-refractivity contribution in [3.63, 3.8) is 0 Å². The van der Waals surface area contributed by atoms with Gasteiger partial charge in [0, 0.05) is 22.8 Å². The normalized spacial score (nSPS) is 12.9. The van der Waals surface area contributed by atoms with Crippen molar-refractivity contribution in [2.75, 3.05) is 0 Å². The minimum atomic E-state index is 0.911. The van der Waals surface area contributed by atoms with Crippen molar-refractivity contribution >= 4 is 11.4 Å². The predicted molar refractivity (Wildman–Crippen MR) is 200 cm³/mol. The molecule has 0 aliphatic carbocycles. The molecule has 0 saturated carbocycles. The monoisotopic (exact) mass is 670 g/mol. The molecule has 1 aliphatic rings. The molecule has 0 aromatic heterocycles. The molecule has 0 N–H and O–H groups in total. The van der Waals surface area contributed by atoms with Gasteiger partial charge in [-0.2, -0.15) is 0 Å². The fourth-order valence-electron chi connectivity index (χ4n) is 5.95. The van der Waals surface area contributed by atoms with E-state index >= 15 is 0 Å². The van der Waals surface area contributed by atoms with Crippen molar-refractivity contribution in [3.05, 3.63) is 87.0 Å². The standard InChI is InChI=1S/C35H50N2.2C4H9.Ni/c1-6-10-14-18-30-21-28(16-12-8-3)23-32(24-30)34-20-27(5)35(37(34)36)33-25-29(17-13-9-4)22-31(26-33)19-15-11-7-2;2*1-3-4-2;/h20-26H,6-19H2,1-5H3;2*1,3-4H2,2H3;. The maximum absolute atomic E-state index is 11.6. The summed E-state index contributed by atoms with van der Waals surface area (Å²) in [7, 11) is 0. The molecule has 260 valence electrons. The molecule has 0 atom stereocenters. The van der Waals surface area contributed by atoms with E-state index in [0.29, 0.717) is 0 Å². The van der Waals surface area contributed by atoms with Crippen molar-refractivity contribution in [2.24, 2.45) is 0 Å². The van der Waals surface area contributed by atoms with Crippen LogP contribution in [0.5, 0.6) is 0 Å². The van der Waals surface area contributed by atoms with Gasteiger partial charge in [-0.25, -0.2) is 4.70 Å². The van der Waals surface area contributed by atoms with Crippen molar-refractivity contribution in [1.82, 2.24) is 0 Å². The molecule has 0 fully saturated rings. The van der Waals surface area contributed by atoms with Crippen LogP contribution in [0, 0.1) is 0 Å². The molecule has 3 rings (SSSR count). The second kappa shape index (κ2) is 24.2. The van der Waals surface area contributed by atoms with Crippen LogP contribution in [-0.4, -0.2) is 4.70 Å². The molecule has 3 heteroatoms. The first kappa shape index (κ1) is 40.2. The number of benzene rings is 2. The van der Waals surface area contributed by atoms with Gasteiger partial charge >= 0.3 is 64.8 Å². The Bertz CT molecular complexity index is 1220. The van der Waals surface area contributed by atoms with Gasteiger partial charge in [0.2, 0.25) is 11.4 Å². The molecule has 1 aliphatic heterocycles. The summed E-state index contributed by atoms with van der Waals surface area (Å²) in [6.07, 6.45) is 24.4. The van der Waals surface area contributed by atoms with Crippen LogP contribution >= 0.6 is 0 Å². The van der Waals surface area contributed by atoms with E-state index in [2.05, 4.69) is 90.9 Å². The van der Waals surface area contributed by atoms with E-state index in [0.717, 1.165) is 53.8 Å². The zero-order chi connectivity index (χ0) is 33.6. The molecule has 2 aromatic rings. The zero-order valence-corrected chi connectivity index (χ0v) is 31.9. The van der Waals surface area contributed by atoms with E-state index in [9.17, 15) is 5.53 Å². The fraction of sp³-hybridized carbons (Fsp3) is 0.628. The Kier molecular flexibility index (Phi) is 21.1. The van der Waals surface area contributed by atoms with Gasteiger partial charge in [0.05, 0.1) is 0 Å². The number of nitrogens with zero attached hydrogens (tertiary/aromatic N) is 2. The van der Waals surface area contributed by atoms with E-state index in [1.807, 2.05) is 14.4 Å². The molecule has 0 bridgehead atoms. The van der Waals surface area contributed by atoms with Gasteiger partial charge in [-0.1, -0.05) is 78.4 Å². The van der Waals surface area contributed by atoms with E-state index in [1.54, 1.807) is 0 Å². The van der Waals surface area contributed by atoms with Gasteiger partial charge in [0.15, 0.2) is 0 Å². The van der Waals surface area contributed by atoms with Crippen LogP contribution in [0.2, 0.25) is 10.8 Å². The topological polar surface area (TPSA) is 25.3 Å². The first-order valence-corrected chi connectivity index (χ1v) is 20.4. The Balaban J connectivity index is 0.000000713. The summed E-state index contributed by atoms with van der Waals surface area (Å²) in [6.45, 7) is 15.7. The molecule has 0 unspecified atom stereocenters. The summed E-state index contributed by atoms with van der Waals surface area (Å²) in [6, 6.07) is 14.0. The Morgan fingerprint density at radius 2 is 0.891 bits per heavy atom. The number of unbranched alkanes of at least 4 members (excludes halogenated alkanes) is 8. The number of allylic oxidation sites excluding steroid dienone is 2. The third kappa shape index (κ3) is 14.4. The zero-order valence-electron chi connectivity index (χ0n) is 30.9. The second-order valence-corrected chi connectivity index (χ2v) is 14.7. The van der Waals surface area contributed by atoms with Gasteiger partial charge in [-0.05, 0) is 105 Å². The van der Waals surface area contributed by atoms with E-state index in [1.165, 1.54) is 128 Å². The summed E-state index contributed by atoms with van der Waals surface area (Å²) in [4.78, 5) is 0. The SMILES string of the molecule is CCCCCc1cc(CCCC)cc(C2=CC(C)=C(c3cc(CCCC)cc(CCCCC)c3)[N+]2=[N-])c1.CCC[CH2][Ni][CH2]CCC.